The van der Waals surface area contributed by atoms with Crippen molar-refractivity contribution in [3.05, 3.63) is 12.2 Å². The van der Waals surface area contributed by atoms with Crippen molar-refractivity contribution in [2.45, 2.75) is 44.5 Å². The third-order valence-corrected chi connectivity index (χ3v) is 2.90. The lowest BCUT2D eigenvalue weighted by Gasteiger charge is -2.21. The molecule has 1 aliphatic rings. The Balaban J connectivity index is 2.66. The molecule has 0 saturated heterocycles. The summed E-state index contributed by atoms with van der Waals surface area (Å²) in [6.07, 6.45) is 4.80. The molecule has 0 radical (unpaired) electrons. The Hall–Kier alpha value is -0.950. The molecule has 0 aromatic rings. The summed E-state index contributed by atoms with van der Waals surface area (Å²) in [5.74, 6) is -0.264. The van der Waals surface area contributed by atoms with Crippen molar-refractivity contribution in [1.82, 2.24) is 0 Å². The molecule has 116 valence electrons. The van der Waals surface area contributed by atoms with Gasteiger partial charge in [0.05, 0.1) is 24.7 Å². The minimum atomic E-state index is -0.374. The summed E-state index contributed by atoms with van der Waals surface area (Å²) in [7, 11) is 3.12. The third kappa shape index (κ3) is 7.00. The van der Waals surface area contributed by atoms with Crippen LogP contribution in [-0.4, -0.2) is 52.1 Å². The van der Waals surface area contributed by atoms with E-state index in [0.29, 0.717) is 0 Å². The lowest BCUT2D eigenvalue weighted by molar-refractivity contribution is -0.153. The van der Waals surface area contributed by atoms with E-state index in [2.05, 4.69) is 0 Å². The van der Waals surface area contributed by atoms with Crippen LogP contribution in [0, 0.1) is 0 Å². The van der Waals surface area contributed by atoms with E-state index in [4.69, 9.17) is 23.7 Å². The molecule has 0 fully saturated rings. The number of carbonyl (C=O) groups is 1. The first kappa shape index (κ1) is 17.1. The van der Waals surface area contributed by atoms with Crippen molar-refractivity contribution in [2.75, 3.05) is 27.8 Å². The number of methoxy groups -OCH3 is 2. The van der Waals surface area contributed by atoms with Gasteiger partial charge in [-0.2, -0.15) is 0 Å². The number of hydrogen-bond acceptors (Lipinski definition) is 6. The van der Waals surface area contributed by atoms with Crippen molar-refractivity contribution in [3.8, 4) is 0 Å². The van der Waals surface area contributed by atoms with Crippen LogP contribution in [0.15, 0.2) is 12.2 Å². The quantitative estimate of drug-likeness (QED) is 0.420. The molecular weight excluding hydrogens is 264 g/mol. The highest BCUT2D eigenvalue weighted by Crippen LogP contribution is 2.15. The first-order valence-electron chi connectivity index (χ1n) is 6.74. The van der Waals surface area contributed by atoms with Crippen molar-refractivity contribution >= 4 is 5.97 Å². The zero-order valence-electron chi connectivity index (χ0n) is 12.4. The summed E-state index contributed by atoms with van der Waals surface area (Å²) in [6.45, 7) is 2.23. The molecule has 1 rings (SSSR count). The van der Waals surface area contributed by atoms with Crippen LogP contribution in [0.25, 0.3) is 0 Å². The molecule has 3 atom stereocenters. The predicted octanol–water partition coefficient (Wildman–Crippen LogP) is 1.64. The van der Waals surface area contributed by atoms with Crippen LogP contribution >= 0.6 is 0 Å². The van der Waals surface area contributed by atoms with Gasteiger partial charge in [0, 0.05) is 14.2 Å². The summed E-state index contributed by atoms with van der Waals surface area (Å²) in [4.78, 5) is 11.7. The number of carbonyl (C=O) groups excluding carboxylic acids is 1. The Morgan fingerprint density at radius 2 is 1.70 bits per heavy atom. The topological polar surface area (TPSA) is 63.2 Å². The number of esters is 1. The van der Waals surface area contributed by atoms with Gasteiger partial charge in [-0.1, -0.05) is 12.2 Å². The van der Waals surface area contributed by atoms with Crippen molar-refractivity contribution < 1.29 is 28.5 Å². The fourth-order valence-electron chi connectivity index (χ4n) is 1.87. The van der Waals surface area contributed by atoms with E-state index in [1.165, 1.54) is 7.11 Å². The Labute approximate surface area is 120 Å². The minimum Gasteiger partial charge on any atom is -0.463 e. The van der Waals surface area contributed by atoms with E-state index < -0.39 is 0 Å². The second kappa shape index (κ2) is 9.88. The van der Waals surface area contributed by atoms with Gasteiger partial charge in [0.2, 0.25) is 0 Å². The van der Waals surface area contributed by atoms with E-state index >= 15 is 0 Å². The predicted molar refractivity (Wildman–Crippen MR) is 72.0 cm³/mol. The highest BCUT2D eigenvalue weighted by atomic mass is 16.7. The number of ether oxygens (including phenoxy) is 5. The largest absolute Gasteiger partial charge is 0.463 e. The van der Waals surface area contributed by atoms with Gasteiger partial charge < -0.3 is 23.7 Å². The molecule has 0 aromatic carbocycles. The van der Waals surface area contributed by atoms with Crippen molar-refractivity contribution in [3.63, 3.8) is 0 Å². The van der Waals surface area contributed by atoms with Gasteiger partial charge in [-0.05, 0) is 19.8 Å². The molecule has 20 heavy (non-hydrogen) atoms. The SMILES string of the molecule is COCO[C@@H]1/C=C/[C@H](OCOC)CC(=O)O[C@H](C)CC1. The average molecular weight is 288 g/mol. The third-order valence-electron chi connectivity index (χ3n) is 2.90. The van der Waals surface area contributed by atoms with Gasteiger partial charge in [0.15, 0.2) is 0 Å². The molecule has 0 aliphatic carbocycles. The molecule has 6 heteroatoms. The zero-order chi connectivity index (χ0) is 14.8. The molecule has 0 bridgehead atoms. The van der Waals surface area contributed by atoms with Gasteiger partial charge >= 0.3 is 5.97 Å². The highest BCUT2D eigenvalue weighted by molar-refractivity contribution is 5.70. The van der Waals surface area contributed by atoms with Crippen molar-refractivity contribution in [2.24, 2.45) is 0 Å². The van der Waals surface area contributed by atoms with E-state index in [1.807, 2.05) is 19.1 Å². The van der Waals surface area contributed by atoms with Crippen LogP contribution in [0.5, 0.6) is 0 Å². The number of cyclic esters (lactones) is 1. The summed E-state index contributed by atoms with van der Waals surface area (Å²) in [6, 6.07) is 0. The normalized spacial score (nSPS) is 29.8. The molecule has 0 spiro atoms. The fraction of sp³-hybridized carbons (Fsp3) is 0.786. The van der Waals surface area contributed by atoms with E-state index in [9.17, 15) is 4.79 Å². The van der Waals surface area contributed by atoms with Crippen LogP contribution in [0.1, 0.15) is 26.2 Å². The maximum atomic E-state index is 11.7. The minimum absolute atomic E-state index is 0.0807. The van der Waals surface area contributed by atoms with Crippen LogP contribution in [0.3, 0.4) is 0 Å². The van der Waals surface area contributed by atoms with E-state index in [-0.39, 0.29) is 44.3 Å². The molecule has 0 saturated carbocycles. The Kier molecular flexibility index (Phi) is 8.45. The standard InChI is InChI=1S/C14H24O6/c1-11-4-5-12(18-9-16-2)6-7-13(19-10-17-3)8-14(15)20-11/h6-7,11-13H,4-5,8-10H2,1-3H3/b7-6+/t11-,12+,13+/m1/s1. The zero-order valence-corrected chi connectivity index (χ0v) is 12.4. The van der Waals surface area contributed by atoms with Crippen LogP contribution in [0.2, 0.25) is 0 Å². The Bertz CT molecular complexity index is 304. The smallest absolute Gasteiger partial charge is 0.309 e. The molecule has 6 nitrogen and oxygen atoms in total. The van der Waals surface area contributed by atoms with Gasteiger partial charge in [0.1, 0.15) is 13.6 Å². The van der Waals surface area contributed by atoms with Gasteiger partial charge in [0.25, 0.3) is 0 Å². The first-order valence-corrected chi connectivity index (χ1v) is 6.74. The molecule has 1 heterocycles. The maximum absolute atomic E-state index is 11.7. The molecule has 0 N–H and O–H groups in total. The lowest BCUT2D eigenvalue weighted by atomic mass is 10.1. The first-order chi connectivity index (χ1) is 9.65. The van der Waals surface area contributed by atoms with Crippen LogP contribution < -0.4 is 0 Å². The van der Waals surface area contributed by atoms with Crippen LogP contribution in [-0.2, 0) is 28.5 Å². The molecule has 0 amide bonds. The molecule has 0 unspecified atom stereocenters. The van der Waals surface area contributed by atoms with E-state index in [1.54, 1.807) is 7.11 Å². The monoisotopic (exact) mass is 288 g/mol. The van der Waals surface area contributed by atoms with Crippen LogP contribution in [0.4, 0.5) is 0 Å². The Morgan fingerprint density at radius 1 is 1.10 bits per heavy atom. The second-order valence-corrected chi connectivity index (χ2v) is 4.69. The second-order valence-electron chi connectivity index (χ2n) is 4.69. The Morgan fingerprint density at radius 3 is 2.35 bits per heavy atom. The lowest BCUT2D eigenvalue weighted by Crippen LogP contribution is -2.25. The van der Waals surface area contributed by atoms with Gasteiger partial charge in [-0.25, -0.2) is 0 Å². The average Bonchev–Trinajstić information content (AvgIpc) is 2.42. The summed E-state index contributed by atoms with van der Waals surface area (Å²) in [5.41, 5.74) is 0. The summed E-state index contributed by atoms with van der Waals surface area (Å²) >= 11 is 0. The fourth-order valence-corrected chi connectivity index (χ4v) is 1.87. The summed E-state index contributed by atoms with van der Waals surface area (Å²) in [5, 5.41) is 0. The number of rotatable bonds is 6. The molecule has 1 aliphatic heterocycles. The number of hydrogen-bond donors (Lipinski definition) is 0. The van der Waals surface area contributed by atoms with Gasteiger partial charge in [-0.15, -0.1) is 0 Å². The maximum Gasteiger partial charge on any atom is 0.309 e. The molecular formula is C14H24O6. The highest BCUT2D eigenvalue weighted by Gasteiger charge is 2.19. The van der Waals surface area contributed by atoms with Gasteiger partial charge in [-0.3, -0.25) is 4.79 Å². The molecule has 0 aromatic heterocycles. The summed E-state index contributed by atoms with van der Waals surface area (Å²) < 4.78 is 26.1. The van der Waals surface area contributed by atoms with Crippen molar-refractivity contribution in [1.29, 1.82) is 0 Å². The van der Waals surface area contributed by atoms with E-state index in [0.717, 1.165) is 12.8 Å².